The Bertz CT molecular complexity index is 925. The molecular formula is C32H50O4. The minimum absolute atomic E-state index is 0.114. The molecule has 5 aliphatic rings. The van der Waals surface area contributed by atoms with Gasteiger partial charge in [-0.05, 0) is 123 Å². The van der Waals surface area contributed by atoms with Crippen molar-refractivity contribution < 1.29 is 19.1 Å². The van der Waals surface area contributed by atoms with Crippen LogP contribution in [0.4, 0.5) is 0 Å². The molecule has 4 nitrogen and oxygen atoms in total. The fourth-order valence-corrected chi connectivity index (χ4v) is 11.2. The number of hydrogen-bond donors (Lipinski definition) is 0. The van der Waals surface area contributed by atoms with Crippen LogP contribution in [0.3, 0.4) is 0 Å². The van der Waals surface area contributed by atoms with Crippen LogP contribution >= 0.6 is 0 Å². The van der Waals surface area contributed by atoms with Crippen molar-refractivity contribution in [3.63, 3.8) is 0 Å². The van der Waals surface area contributed by atoms with Gasteiger partial charge < -0.3 is 9.47 Å². The topological polar surface area (TPSA) is 52.6 Å². The summed E-state index contributed by atoms with van der Waals surface area (Å²) in [7, 11) is 0. The molecule has 5 saturated carbocycles. The number of carbonyl (C=O) groups excluding carboxylic acids is 2. The molecule has 0 saturated heterocycles. The second kappa shape index (κ2) is 8.87. The summed E-state index contributed by atoms with van der Waals surface area (Å²) >= 11 is 0. The first kappa shape index (κ1) is 26.3. The van der Waals surface area contributed by atoms with Gasteiger partial charge in [-0.25, -0.2) is 0 Å². The maximum atomic E-state index is 11.9. The first-order chi connectivity index (χ1) is 16.9. The van der Waals surface area contributed by atoms with Crippen LogP contribution in [0, 0.1) is 51.2 Å². The Hall–Kier alpha value is -1.32. The smallest absolute Gasteiger partial charge is 0.302 e. The second-order valence-electron chi connectivity index (χ2n) is 14.5. The third-order valence-electron chi connectivity index (χ3n) is 13.1. The van der Waals surface area contributed by atoms with Crippen molar-refractivity contribution in [1.29, 1.82) is 0 Å². The minimum Gasteiger partial charge on any atom is -0.465 e. The van der Waals surface area contributed by atoms with Crippen LogP contribution in [0.5, 0.6) is 0 Å². The molecule has 0 aliphatic heterocycles. The summed E-state index contributed by atoms with van der Waals surface area (Å²) in [5.41, 5.74) is 2.43. The Labute approximate surface area is 219 Å². The molecule has 0 bridgehead atoms. The Morgan fingerprint density at radius 2 is 1.58 bits per heavy atom. The third-order valence-corrected chi connectivity index (χ3v) is 13.1. The quantitative estimate of drug-likeness (QED) is 0.297. The van der Waals surface area contributed by atoms with Gasteiger partial charge in [-0.2, -0.15) is 0 Å². The Morgan fingerprint density at radius 3 is 2.25 bits per heavy atom. The standard InChI is InChI=1S/C32H50O4/c1-20(2)25-12-15-32(19-35-21(3)33)17-16-30(6)26(28(25)32)8-9-27-29(5)13-11-24(36-22(4)34)18-23(29)10-14-31(27,30)7/h23-28H,1,8-19H2,2-7H3/t23-,24-,25-,26+,27+,28+,29-,30+,31+,32+/m0/s1. The molecule has 202 valence electrons. The van der Waals surface area contributed by atoms with Crippen LogP contribution in [-0.4, -0.2) is 24.6 Å². The van der Waals surface area contributed by atoms with Crippen LogP contribution in [-0.2, 0) is 19.1 Å². The molecule has 0 aromatic rings. The fraction of sp³-hybridized carbons (Fsp3) is 0.875. The maximum absolute atomic E-state index is 11.9. The Balaban J connectivity index is 1.46. The summed E-state index contributed by atoms with van der Waals surface area (Å²) in [5, 5.41) is 0. The average Bonchev–Trinajstić information content (AvgIpc) is 3.19. The maximum Gasteiger partial charge on any atom is 0.302 e. The van der Waals surface area contributed by atoms with Crippen LogP contribution < -0.4 is 0 Å². The van der Waals surface area contributed by atoms with Crippen LogP contribution in [0.25, 0.3) is 0 Å². The van der Waals surface area contributed by atoms with Crippen molar-refractivity contribution in [3.8, 4) is 0 Å². The zero-order valence-electron chi connectivity index (χ0n) is 23.8. The van der Waals surface area contributed by atoms with E-state index in [9.17, 15) is 9.59 Å². The van der Waals surface area contributed by atoms with E-state index in [1.807, 2.05) is 0 Å². The van der Waals surface area contributed by atoms with Gasteiger partial charge in [0, 0.05) is 19.3 Å². The van der Waals surface area contributed by atoms with E-state index >= 15 is 0 Å². The van der Waals surface area contributed by atoms with Gasteiger partial charge in [-0.1, -0.05) is 32.9 Å². The molecule has 5 aliphatic carbocycles. The highest BCUT2D eigenvalue weighted by atomic mass is 16.5. The van der Waals surface area contributed by atoms with E-state index in [-0.39, 0.29) is 23.5 Å². The highest BCUT2D eigenvalue weighted by molar-refractivity contribution is 5.66. The lowest BCUT2D eigenvalue weighted by Crippen LogP contribution is -2.65. The summed E-state index contributed by atoms with van der Waals surface area (Å²) in [6.07, 6.45) is 13.3. The zero-order valence-corrected chi connectivity index (χ0v) is 23.8. The molecule has 10 atom stereocenters. The molecule has 5 rings (SSSR count). The van der Waals surface area contributed by atoms with Crippen molar-refractivity contribution in [2.45, 2.75) is 118 Å². The van der Waals surface area contributed by atoms with E-state index in [4.69, 9.17) is 9.47 Å². The van der Waals surface area contributed by atoms with E-state index in [2.05, 4.69) is 34.3 Å². The van der Waals surface area contributed by atoms with Gasteiger partial charge >= 0.3 is 11.9 Å². The molecular weight excluding hydrogens is 448 g/mol. The molecule has 0 aromatic heterocycles. The lowest BCUT2D eigenvalue weighted by atomic mass is 9.33. The van der Waals surface area contributed by atoms with E-state index in [1.165, 1.54) is 63.4 Å². The van der Waals surface area contributed by atoms with Crippen molar-refractivity contribution in [2.75, 3.05) is 6.61 Å². The number of hydrogen-bond acceptors (Lipinski definition) is 4. The first-order valence-electron chi connectivity index (χ1n) is 14.8. The van der Waals surface area contributed by atoms with E-state index in [0.29, 0.717) is 46.5 Å². The summed E-state index contributed by atoms with van der Waals surface area (Å²) in [6, 6.07) is 0. The van der Waals surface area contributed by atoms with Crippen molar-refractivity contribution in [2.24, 2.45) is 51.2 Å². The largest absolute Gasteiger partial charge is 0.465 e. The van der Waals surface area contributed by atoms with E-state index in [0.717, 1.165) is 18.8 Å². The average molecular weight is 499 g/mol. The highest BCUT2D eigenvalue weighted by Crippen LogP contribution is 2.76. The van der Waals surface area contributed by atoms with Crippen molar-refractivity contribution in [1.82, 2.24) is 0 Å². The van der Waals surface area contributed by atoms with Gasteiger partial charge in [0.1, 0.15) is 6.10 Å². The molecule has 0 unspecified atom stereocenters. The van der Waals surface area contributed by atoms with Gasteiger partial charge in [0.2, 0.25) is 0 Å². The number of rotatable bonds is 4. The highest BCUT2D eigenvalue weighted by Gasteiger charge is 2.69. The normalized spacial score (nSPS) is 49.6. The van der Waals surface area contributed by atoms with Crippen LogP contribution in [0.15, 0.2) is 12.2 Å². The SMILES string of the molecule is C=C(C)[C@@H]1CC[C@]2(COC(C)=O)CC[C@]3(C)[C@H](CC[C@@H]4[C@@]5(C)CC[C@H](OC(C)=O)C[C@@H]5CC[C@]43C)[C@@H]12. The second-order valence-corrected chi connectivity index (χ2v) is 14.5. The monoisotopic (exact) mass is 498 g/mol. The molecule has 0 radical (unpaired) electrons. The van der Waals surface area contributed by atoms with Gasteiger partial charge in [-0.3, -0.25) is 9.59 Å². The first-order valence-corrected chi connectivity index (χ1v) is 14.8. The zero-order chi connectivity index (χ0) is 26.1. The minimum atomic E-state index is -0.137. The molecule has 0 aromatic carbocycles. The number of allylic oxidation sites excluding steroid dienone is 1. The van der Waals surface area contributed by atoms with Crippen LogP contribution in [0.2, 0.25) is 0 Å². The summed E-state index contributed by atoms with van der Waals surface area (Å²) in [5.74, 6) is 2.93. The predicted octanol–water partition coefficient (Wildman–Crippen LogP) is 7.50. The number of esters is 2. The van der Waals surface area contributed by atoms with Crippen molar-refractivity contribution in [3.05, 3.63) is 12.2 Å². The molecule has 4 heteroatoms. The molecule has 0 spiro atoms. The van der Waals surface area contributed by atoms with E-state index in [1.54, 1.807) is 13.8 Å². The number of fused-ring (bicyclic) bond motifs is 7. The molecule has 0 heterocycles. The summed E-state index contributed by atoms with van der Waals surface area (Å²) in [6.45, 7) is 18.3. The fourth-order valence-electron chi connectivity index (χ4n) is 11.2. The molecule has 36 heavy (non-hydrogen) atoms. The predicted molar refractivity (Wildman–Crippen MR) is 142 cm³/mol. The summed E-state index contributed by atoms with van der Waals surface area (Å²) in [4.78, 5) is 23.5. The molecule has 0 amide bonds. The molecule has 5 fully saturated rings. The lowest BCUT2D eigenvalue weighted by Gasteiger charge is -2.71. The number of carbonyl (C=O) groups is 2. The van der Waals surface area contributed by atoms with Crippen molar-refractivity contribution >= 4 is 11.9 Å². The third kappa shape index (κ3) is 3.74. The van der Waals surface area contributed by atoms with Gasteiger partial charge in [0.15, 0.2) is 0 Å². The van der Waals surface area contributed by atoms with E-state index < -0.39 is 0 Å². The van der Waals surface area contributed by atoms with Crippen LogP contribution in [0.1, 0.15) is 112 Å². The number of ether oxygens (including phenoxy) is 2. The lowest BCUT2D eigenvalue weighted by molar-refractivity contribution is -0.232. The van der Waals surface area contributed by atoms with Gasteiger partial charge in [-0.15, -0.1) is 0 Å². The Kier molecular flexibility index (Phi) is 6.48. The Morgan fingerprint density at radius 1 is 0.833 bits per heavy atom. The van der Waals surface area contributed by atoms with Gasteiger partial charge in [0.25, 0.3) is 0 Å². The van der Waals surface area contributed by atoms with Gasteiger partial charge in [0.05, 0.1) is 6.61 Å². The summed E-state index contributed by atoms with van der Waals surface area (Å²) < 4.78 is 11.5. The molecule has 0 N–H and O–H groups in total.